The van der Waals surface area contributed by atoms with Gasteiger partial charge >= 0.3 is 5.97 Å². The number of aliphatic carboxylic acids is 1. The minimum absolute atomic E-state index is 0.171. The molecule has 0 bridgehead atoms. The highest BCUT2D eigenvalue weighted by atomic mass is 79.9. The first-order valence-corrected chi connectivity index (χ1v) is 7.16. The van der Waals surface area contributed by atoms with E-state index in [0.717, 1.165) is 22.0 Å². The molecule has 0 unspecified atom stereocenters. The van der Waals surface area contributed by atoms with Gasteiger partial charge in [0.2, 0.25) is 11.8 Å². The van der Waals surface area contributed by atoms with E-state index >= 15 is 0 Å². The second kappa shape index (κ2) is 6.65. The summed E-state index contributed by atoms with van der Waals surface area (Å²) in [6.07, 6.45) is 2.11. The average Bonchev–Trinajstić information content (AvgIpc) is 2.86. The molecule has 0 amide bonds. The van der Waals surface area contributed by atoms with Gasteiger partial charge in [-0.05, 0) is 47.8 Å². The standard InChI is InChI=1S/C14H15BrN2O3/c1-9-6-7-11(15)10(8-9)14-17-16-12(20-14)4-2-3-5-13(18)19/h6-8H,2-5H2,1H3,(H,18,19). The van der Waals surface area contributed by atoms with Crippen LogP contribution in [0.25, 0.3) is 11.5 Å². The lowest BCUT2D eigenvalue weighted by Crippen LogP contribution is -1.95. The Kier molecular flexibility index (Phi) is 4.89. The van der Waals surface area contributed by atoms with Gasteiger partial charge in [0, 0.05) is 17.3 Å². The number of rotatable bonds is 6. The van der Waals surface area contributed by atoms with Crippen molar-refractivity contribution in [2.75, 3.05) is 0 Å². The number of hydrogen-bond donors (Lipinski definition) is 1. The molecule has 0 saturated heterocycles. The van der Waals surface area contributed by atoms with Crippen LogP contribution < -0.4 is 0 Å². The van der Waals surface area contributed by atoms with E-state index in [2.05, 4.69) is 26.1 Å². The van der Waals surface area contributed by atoms with Gasteiger partial charge in [0.05, 0.1) is 5.56 Å². The molecule has 0 atom stereocenters. The number of carboxylic acid groups (broad SMARTS) is 1. The van der Waals surface area contributed by atoms with Crippen LogP contribution in [-0.4, -0.2) is 21.3 Å². The van der Waals surface area contributed by atoms with E-state index in [1.54, 1.807) is 0 Å². The Balaban J connectivity index is 2.01. The molecule has 1 aromatic carbocycles. The second-order valence-corrected chi connectivity index (χ2v) is 5.44. The summed E-state index contributed by atoms with van der Waals surface area (Å²) >= 11 is 3.46. The molecule has 1 aromatic heterocycles. The topological polar surface area (TPSA) is 76.2 Å². The summed E-state index contributed by atoms with van der Waals surface area (Å²) in [5.41, 5.74) is 1.98. The molecule has 106 valence electrons. The largest absolute Gasteiger partial charge is 0.481 e. The van der Waals surface area contributed by atoms with E-state index in [1.165, 1.54) is 0 Å². The lowest BCUT2D eigenvalue weighted by Gasteiger charge is -2.00. The molecule has 0 aliphatic rings. The summed E-state index contributed by atoms with van der Waals surface area (Å²) in [7, 11) is 0. The van der Waals surface area contributed by atoms with Crippen LogP contribution in [0, 0.1) is 6.92 Å². The molecule has 5 nitrogen and oxygen atoms in total. The first-order valence-electron chi connectivity index (χ1n) is 6.37. The lowest BCUT2D eigenvalue weighted by atomic mass is 10.1. The smallest absolute Gasteiger partial charge is 0.303 e. The van der Waals surface area contributed by atoms with Crippen molar-refractivity contribution in [3.8, 4) is 11.5 Å². The SMILES string of the molecule is Cc1ccc(Br)c(-c2nnc(CCCCC(=O)O)o2)c1. The number of benzene rings is 1. The molecule has 0 aliphatic heterocycles. The summed E-state index contributed by atoms with van der Waals surface area (Å²) in [5.74, 6) is 0.243. The first kappa shape index (κ1) is 14.7. The van der Waals surface area contributed by atoms with Gasteiger partial charge in [-0.3, -0.25) is 4.79 Å². The Labute approximate surface area is 125 Å². The molecule has 0 saturated carbocycles. The number of aryl methyl sites for hydroxylation is 2. The molecule has 1 N–H and O–H groups in total. The summed E-state index contributed by atoms with van der Waals surface area (Å²) in [6, 6.07) is 5.92. The number of nitrogens with zero attached hydrogens (tertiary/aromatic N) is 2. The molecule has 2 rings (SSSR count). The third kappa shape index (κ3) is 3.90. The monoisotopic (exact) mass is 338 g/mol. The maximum atomic E-state index is 10.4. The van der Waals surface area contributed by atoms with Crippen LogP contribution in [0.15, 0.2) is 27.1 Å². The number of aromatic nitrogens is 2. The van der Waals surface area contributed by atoms with Crippen molar-refractivity contribution in [1.82, 2.24) is 10.2 Å². The highest BCUT2D eigenvalue weighted by Crippen LogP contribution is 2.28. The van der Waals surface area contributed by atoms with Crippen molar-refractivity contribution in [2.24, 2.45) is 0 Å². The summed E-state index contributed by atoms with van der Waals surface area (Å²) in [4.78, 5) is 10.4. The minimum Gasteiger partial charge on any atom is -0.481 e. The third-order valence-corrected chi connectivity index (χ3v) is 3.54. The summed E-state index contributed by atoms with van der Waals surface area (Å²) in [6.45, 7) is 2.00. The number of unbranched alkanes of at least 4 members (excludes halogenated alkanes) is 1. The zero-order valence-electron chi connectivity index (χ0n) is 11.1. The van der Waals surface area contributed by atoms with Crippen LogP contribution in [-0.2, 0) is 11.2 Å². The van der Waals surface area contributed by atoms with Gasteiger partial charge in [0.25, 0.3) is 0 Å². The zero-order valence-corrected chi connectivity index (χ0v) is 12.7. The molecule has 0 fully saturated rings. The van der Waals surface area contributed by atoms with Crippen molar-refractivity contribution >= 4 is 21.9 Å². The Hall–Kier alpha value is -1.69. The fourth-order valence-electron chi connectivity index (χ4n) is 1.82. The number of carboxylic acids is 1. The predicted molar refractivity (Wildman–Crippen MR) is 77.4 cm³/mol. The van der Waals surface area contributed by atoms with E-state index in [9.17, 15) is 4.79 Å². The number of carbonyl (C=O) groups is 1. The van der Waals surface area contributed by atoms with E-state index in [0.29, 0.717) is 24.6 Å². The predicted octanol–water partition coefficient (Wildman–Crippen LogP) is 3.60. The lowest BCUT2D eigenvalue weighted by molar-refractivity contribution is -0.137. The van der Waals surface area contributed by atoms with Crippen LogP contribution in [0.5, 0.6) is 0 Å². The molecule has 0 aliphatic carbocycles. The van der Waals surface area contributed by atoms with Gasteiger partial charge in [-0.2, -0.15) is 0 Å². The van der Waals surface area contributed by atoms with Crippen molar-refractivity contribution in [3.05, 3.63) is 34.1 Å². The molecule has 0 radical (unpaired) electrons. The molecule has 0 spiro atoms. The van der Waals surface area contributed by atoms with Gasteiger partial charge in [0.15, 0.2) is 0 Å². The normalized spacial score (nSPS) is 10.7. The maximum absolute atomic E-state index is 10.4. The maximum Gasteiger partial charge on any atom is 0.303 e. The van der Waals surface area contributed by atoms with Gasteiger partial charge in [-0.15, -0.1) is 10.2 Å². The fourth-order valence-corrected chi connectivity index (χ4v) is 2.24. The van der Waals surface area contributed by atoms with Gasteiger partial charge in [-0.25, -0.2) is 0 Å². The summed E-state index contributed by atoms with van der Waals surface area (Å²) in [5, 5.41) is 16.6. The molecule has 2 aromatic rings. The molecular formula is C14H15BrN2O3. The van der Waals surface area contributed by atoms with E-state index in [1.807, 2.05) is 25.1 Å². The number of halogens is 1. The van der Waals surface area contributed by atoms with Crippen molar-refractivity contribution in [1.29, 1.82) is 0 Å². The zero-order chi connectivity index (χ0) is 14.5. The first-order chi connectivity index (χ1) is 9.56. The fraction of sp³-hybridized carbons (Fsp3) is 0.357. The van der Waals surface area contributed by atoms with Gasteiger partial charge < -0.3 is 9.52 Å². The molecule has 20 heavy (non-hydrogen) atoms. The number of hydrogen-bond acceptors (Lipinski definition) is 4. The molecule has 1 heterocycles. The average molecular weight is 339 g/mol. The van der Waals surface area contributed by atoms with Gasteiger partial charge in [-0.1, -0.05) is 11.6 Å². The van der Waals surface area contributed by atoms with Crippen molar-refractivity contribution in [2.45, 2.75) is 32.6 Å². The molecular weight excluding hydrogens is 324 g/mol. The van der Waals surface area contributed by atoms with Crippen LogP contribution in [0.1, 0.15) is 30.7 Å². The van der Waals surface area contributed by atoms with Crippen molar-refractivity contribution in [3.63, 3.8) is 0 Å². The van der Waals surface area contributed by atoms with Gasteiger partial charge in [0.1, 0.15) is 0 Å². The van der Waals surface area contributed by atoms with Crippen LogP contribution >= 0.6 is 15.9 Å². The van der Waals surface area contributed by atoms with E-state index in [4.69, 9.17) is 9.52 Å². The minimum atomic E-state index is -0.778. The van der Waals surface area contributed by atoms with Crippen LogP contribution in [0.3, 0.4) is 0 Å². The Morgan fingerprint density at radius 2 is 2.15 bits per heavy atom. The van der Waals surface area contributed by atoms with Crippen molar-refractivity contribution < 1.29 is 14.3 Å². The molecule has 6 heteroatoms. The van der Waals surface area contributed by atoms with E-state index < -0.39 is 5.97 Å². The second-order valence-electron chi connectivity index (χ2n) is 4.59. The van der Waals surface area contributed by atoms with Crippen LogP contribution in [0.4, 0.5) is 0 Å². The summed E-state index contributed by atoms with van der Waals surface area (Å²) < 4.78 is 6.52. The highest BCUT2D eigenvalue weighted by Gasteiger charge is 2.12. The highest BCUT2D eigenvalue weighted by molar-refractivity contribution is 9.10. The Morgan fingerprint density at radius 1 is 1.35 bits per heavy atom. The Morgan fingerprint density at radius 3 is 2.90 bits per heavy atom. The Bertz CT molecular complexity index is 610. The quantitative estimate of drug-likeness (QED) is 0.814. The van der Waals surface area contributed by atoms with Crippen LogP contribution in [0.2, 0.25) is 0 Å². The third-order valence-electron chi connectivity index (χ3n) is 2.85. The van der Waals surface area contributed by atoms with E-state index in [-0.39, 0.29) is 6.42 Å².